The molecule has 1 atom stereocenters. The average Bonchev–Trinajstić information content (AvgIpc) is 3.59. The minimum atomic E-state index is -0.692. The molecule has 1 fully saturated rings. The molecule has 5 aromatic rings. The van der Waals surface area contributed by atoms with Gasteiger partial charge < -0.3 is 10.1 Å². The molecule has 2 aromatic heterocycles. The largest absolute Gasteiger partial charge is 0.448 e. The van der Waals surface area contributed by atoms with E-state index in [1.54, 1.807) is 54.7 Å². The lowest BCUT2D eigenvalue weighted by atomic mass is 10.00. The number of rotatable bonds is 9. The van der Waals surface area contributed by atoms with Crippen molar-refractivity contribution < 1.29 is 19.1 Å². The maximum atomic E-state index is 13.3. The number of tetrazole rings is 1. The number of cyclic esters (lactones) is 1. The lowest BCUT2D eigenvalue weighted by Crippen LogP contribution is -2.42. The fourth-order valence-electron chi connectivity index (χ4n) is 4.87. The van der Waals surface area contributed by atoms with Gasteiger partial charge in [-0.1, -0.05) is 54.1 Å². The van der Waals surface area contributed by atoms with Crippen LogP contribution in [0.3, 0.4) is 0 Å². The highest BCUT2D eigenvalue weighted by Gasteiger charge is 2.29. The molecule has 1 aliphatic heterocycles. The Kier molecular flexibility index (Phi) is 8.65. The van der Waals surface area contributed by atoms with Gasteiger partial charge in [-0.3, -0.25) is 9.59 Å². The van der Waals surface area contributed by atoms with Crippen LogP contribution in [0.2, 0.25) is 5.02 Å². The van der Waals surface area contributed by atoms with Gasteiger partial charge in [-0.15, -0.1) is 5.10 Å². The molecule has 224 valence electrons. The maximum Gasteiger partial charge on any atom is 0.421 e. The van der Waals surface area contributed by atoms with Crippen molar-refractivity contribution in [3.63, 3.8) is 0 Å². The van der Waals surface area contributed by atoms with E-state index in [0.29, 0.717) is 34.1 Å². The van der Waals surface area contributed by atoms with E-state index in [4.69, 9.17) is 16.3 Å². The molecule has 1 N–H and O–H groups in total. The first-order valence-corrected chi connectivity index (χ1v) is 14.3. The summed E-state index contributed by atoms with van der Waals surface area (Å²) >= 11 is 6.23. The van der Waals surface area contributed by atoms with Crippen LogP contribution in [0.4, 0.5) is 10.5 Å². The predicted octanol–water partition coefficient (Wildman–Crippen LogP) is 4.76. The standard InChI is InChI=1S/C32H25ClN8O4/c33-25-9-12-29(40-20-35-38-39-40)23(17-25)8-13-30(42)36-27(16-21-4-2-1-3-5-21)28-18-24(19-34-37-28)22-6-10-26(11-7-22)41-31(43)14-15-45-32(41)44/h1-13,17-20,27H,14-16H2,(H,36,42)/b13-8+/t27-/m0/s1. The Balaban J connectivity index is 1.25. The second-order valence-corrected chi connectivity index (χ2v) is 10.5. The molecule has 1 aliphatic rings. The zero-order valence-electron chi connectivity index (χ0n) is 23.7. The lowest BCUT2D eigenvalue weighted by Gasteiger charge is -2.24. The van der Waals surface area contributed by atoms with Crippen LogP contribution in [0.15, 0.2) is 97.5 Å². The van der Waals surface area contributed by atoms with Crippen LogP contribution >= 0.6 is 11.6 Å². The van der Waals surface area contributed by atoms with Gasteiger partial charge in [0.2, 0.25) is 11.8 Å². The van der Waals surface area contributed by atoms with Crippen molar-refractivity contribution in [1.82, 2.24) is 35.7 Å². The van der Waals surface area contributed by atoms with Crippen LogP contribution in [0, 0.1) is 0 Å². The summed E-state index contributed by atoms with van der Waals surface area (Å²) in [4.78, 5) is 38.7. The molecule has 0 unspecified atom stereocenters. The SMILES string of the molecule is O=C(/C=C/c1cc(Cl)ccc1-n1cnnn1)N[C@@H](Cc1ccccc1)c1cc(-c2ccc(N3C(=O)CCOC3=O)cc2)cnn1. The van der Waals surface area contributed by atoms with Crippen LogP contribution in [0.1, 0.15) is 29.3 Å². The summed E-state index contributed by atoms with van der Waals surface area (Å²) in [5.41, 5.74) is 4.79. The predicted molar refractivity (Wildman–Crippen MR) is 165 cm³/mol. The fourth-order valence-corrected chi connectivity index (χ4v) is 5.05. The minimum absolute atomic E-state index is 0.0799. The molecular formula is C32H25ClN8O4. The number of aromatic nitrogens is 6. The number of carbonyl (C=O) groups is 3. The zero-order valence-corrected chi connectivity index (χ0v) is 24.4. The molecule has 3 aromatic carbocycles. The summed E-state index contributed by atoms with van der Waals surface area (Å²) in [7, 11) is 0. The quantitative estimate of drug-likeness (QED) is 0.231. The molecule has 1 saturated heterocycles. The van der Waals surface area contributed by atoms with E-state index in [9.17, 15) is 14.4 Å². The highest BCUT2D eigenvalue weighted by atomic mass is 35.5. The summed E-state index contributed by atoms with van der Waals surface area (Å²) in [5, 5.41) is 23.4. The van der Waals surface area contributed by atoms with Crippen LogP contribution in [-0.4, -0.2) is 54.9 Å². The van der Waals surface area contributed by atoms with E-state index < -0.39 is 12.1 Å². The van der Waals surface area contributed by atoms with Gasteiger partial charge in [0, 0.05) is 22.2 Å². The zero-order chi connectivity index (χ0) is 31.2. The topological polar surface area (TPSA) is 145 Å². The van der Waals surface area contributed by atoms with Crippen LogP contribution in [-0.2, 0) is 20.7 Å². The number of halogens is 1. The summed E-state index contributed by atoms with van der Waals surface area (Å²) in [6, 6.07) is 23.2. The van der Waals surface area contributed by atoms with Gasteiger partial charge in [0.15, 0.2) is 0 Å². The van der Waals surface area contributed by atoms with Gasteiger partial charge in [-0.2, -0.15) is 14.9 Å². The third kappa shape index (κ3) is 6.92. The number of nitrogens with zero attached hydrogens (tertiary/aromatic N) is 7. The van der Waals surface area contributed by atoms with Gasteiger partial charge in [0.25, 0.3) is 0 Å². The minimum Gasteiger partial charge on any atom is -0.448 e. The van der Waals surface area contributed by atoms with E-state index in [2.05, 4.69) is 31.0 Å². The number of hydrogen-bond donors (Lipinski definition) is 1. The Morgan fingerprint density at radius 1 is 1.00 bits per heavy atom. The van der Waals surface area contributed by atoms with Crippen molar-refractivity contribution in [3.8, 4) is 16.8 Å². The first-order chi connectivity index (χ1) is 21.9. The fraction of sp³-hybridized carbons (Fsp3) is 0.125. The normalized spacial score (nSPS) is 13.9. The van der Waals surface area contributed by atoms with Crippen LogP contribution < -0.4 is 10.2 Å². The van der Waals surface area contributed by atoms with Crippen molar-refractivity contribution in [2.24, 2.45) is 0 Å². The van der Waals surface area contributed by atoms with Gasteiger partial charge in [-0.05, 0) is 70.4 Å². The number of nitrogens with one attached hydrogen (secondary N) is 1. The second-order valence-electron chi connectivity index (χ2n) is 10.1. The molecule has 13 heteroatoms. The van der Waals surface area contributed by atoms with Gasteiger partial charge >= 0.3 is 6.09 Å². The smallest absolute Gasteiger partial charge is 0.421 e. The van der Waals surface area contributed by atoms with Gasteiger partial charge in [0.1, 0.15) is 12.9 Å². The summed E-state index contributed by atoms with van der Waals surface area (Å²) in [6.45, 7) is 0.0799. The number of anilines is 1. The first-order valence-electron chi connectivity index (χ1n) is 13.9. The van der Waals surface area contributed by atoms with E-state index >= 15 is 0 Å². The molecule has 45 heavy (non-hydrogen) atoms. The number of benzene rings is 3. The van der Waals surface area contributed by atoms with Crippen molar-refractivity contribution in [2.75, 3.05) is 11.5 Å². The Bertz CT molecular complexity index is 1850. The molecule has 0 aliphatic carbocycles. The van der Waals surface area contributed by atoms with Crippen molar-refractivity contribution in [1.29, 1.82) is 0 Å². The molecule has 0 bridgehead atoms. The van der Waals surface area contributed by atoms with E-state index in [1.807, 2.05) is 36.4 Å². The molecule has 0 radical (unpaired) electrons. The molecular weight excluding hydrogens is 596 g/mol. The Hall–Kier alpha value is -5.75. The summed E-state index contributed by atoms with van der Waals surface area (Å²) in [5.74, 6) is -0.671. The summed E-state index contributed by atoms with van der Waals surface area (Å²) in [6.07, 6.45) is 6.03. The Morgan fingerprint density at radius 3 is 2.58 bits per heavy atom. The first kappa shape index (κ1) is 29.3. The maximum absolute atomic E-state index is 13.3. The number of ether oxygens (including phenoxy) is 1. The third-order valence-corrected chi connectivity index (χ3v) is 7.30. The Labute approximate surface area is 262 Å². The molecule has 0 saturated carbocycles. The number of imide groups is 1. The van der Waals surface area contributed by atoms with Crippen LogP contribution in [0.5, 0.6) is 0 Å². The number of hydrogen-bond acceptors (Lipinski definition) is 9. The molecule has 0 spiro atoms. The van der Waals surface area contributed by atoms with Gasteiger partial charge in [0.05, 0.1) is 35.7 Å². The third-order valence-electron chi connectivity index (χ3n) is 7.06. The lowest BCUT2D eigenvalue weighted by molar-refractivity contribution is -0.120. The van der Waals surface area contributed by atoms with Crippen LogP contribution in [0.25, 0.3) is 22.9 Å². The second kappa shape index (κ2) is 13.3. The number of carbonyl (C=O) groups excluding carboxylic acids is 3. The van der Waals surface area contributed by atoms with Gasteiger partial charge in [-0.25, -0.2) is 9.69 Å². The summed E-state index contributed by atoms with van der Waals surface area (Å²) < 4.78 is 6.50. The molecule has 3 amide bonds. The average molecular weight is 621 g/mol. The van der Waals surface area contributed by atoms with Crippen molar-refractivity contribution in [2.45, 2.75) is 18.9 Å². The highest BCUT2D eigenvalue weighted by molar-refractivity contribution is 6.30. The molecule has 6 rings (SSSR count). The molecule has 12 nitrogen and oxygen atoms in total. The van der Waals surface area contributed by atoms with Crippen molar-refractivity contribution >= 4 is 41.3 Å². The van der Waals surface area contributed by atoms with E-state index in [1.165, 1.54) is 17.1 Å². The highest BCUT2D eigenvalue weighted by Crippen LogP contribution is 2.27. The number of amides is 3. The van der Waals surface area contributed by atoms with E-state index in [-0.39, 0.29) is 24.8 Å². The van der Waals surface area contributed by atoms with Crippen molar-refractivity contribution in [3.05, 3.63) is 119 Å². The monoisotopic (exact) mass is 620 g/mol. The van der Waals surface area contributed by atoms with E-state index in [0.717, 1.165) is 21.6 Å². The Morgan fingerprint density at radius 2 is 1.82 bits per heavy atom. The molecule has 3 heterocycles.